The molecule has 2 bridgehead atoms. The highest BCUT2D eigenvalue weighted by Gasteiger charge is 2.52. The summed E-state index contributed by atoms with van der Waals surface area (Å²) in [5.41, 5.74) is 0.581. The first-order chi connectivity index (χ1) is 13.4. The first-order valence-electron chi connectivity index (χ1n) is 9.32. The van der Waals surface area contributed by atoms with E-state index in [4.69, 9.17) is 9.15 Å². The fourth-order valence-corrected chi connectivity index (χ4v) is 3.32. The quantitative estimate of drug-likeness (QED) is 0.593. The van der Waals surface area contributed by atoms with E-state index < -0.39 is 30.3 Å². The van der Waals surface area contributed by atoms with E-state index in [2.05, 4.69) is 9.82 Å². The van der Waals surface area contributed by atoms with E-state index in [1.807, 2.05) is 13.8 Å². The zero-order valence-electron chi connectivity index (χ0n) is 15.8. The van der Waals surface area contributed by atoms with Gasteiger partial charge in [0, 0.05) is 12.1 Å². The summed E-state index contributed by atoms with van der Waals surface area (Å²) in [6.45, 7) is 4.07. The highest BCUT2D eigenvalue weighted by Crippen LogP contribution is 2.32. The molecule has 154 valence electrons. The Balaban J connectivity index is 1.69. The monoisotopic (exact) mass is 399 g/mol. The Labute approximate surface area is 161 Å². The third-order valence-electron chi connectivity index (χ3n) is 4.58. The number of urea groups is 1. The molecule has 0 radical (unpaired) electrons. The minimum Gasteiger partial charge on any atom is -0.456 e. The summed E-state index contributed by atoms with van der Waals surface area (Å²) < 4.78 is 38.8. The molecule has 3 rings (SSSR count). The molecule has 8 nitrogen and oxygen atoms in total. The highest BCUT2D eigenvalue weighted by molar-refractivity contribution is 5.82. The zero-order valence-corrected chi connectivity index (χ0v) is 15.8. The number of halogens is 2. The maximum absolute atomic E-state index is 14.4. The highest BCUT2D eigenvalue weighted by atomic mass is 19.3. The van der Waals surface area contributed by atoms with Crippen LogP contribution in [0.25, 0.3) is 5.57 Å². The average Bonchev–Trinajstić information content (AvgIpc) is 3.26. The van der Waals surface area contributed by atoms with Crippen LogP contribution < -0.4 is 0 Å². The van der Waals surface area contributed by atoms with Gasteiger partial charge in [0.05, 0.1) is 18.8 Å². The molecule has 1 atom stereocenters. The summed E-state index contributed by atoms with van der Waals surface area (Å²) in [4.78, 5) is 34.2. The fraction of sp³-hybridized carbons (Fsp3) is 0.611. The van der Waals surface area contributed by atoms with Crippen LogP contribution in [0.2, 0.25) is 0 Å². The summed E-state index contributed by atoms with van der Waals surface area (Å²) in [7, 11) is 0. The molecular weight excluding hydrogens is 376 g/mol. The van der Waals surface area contributed by atoms with Crippen LogP contribution in [0.15, 0.2) is 23.0 Å². The van der Waals surface area contributed by atoms with E-state index in [0.717, 1.165) is 0 Å². The van der Waals surface area contributed by atoms with Gasteiger partial charge in [-0.05, 0) is 18.9 Å². The van der Waals surface area contributed by atoms with Crippen LogP contribution in [0.3, 0.4) is 0 Å². The lowest BCUT2D eigenvalue weighted by Crippen LogP contribution is -2.45. The SMILES string of the molecule is CCCC(CCC)OC(=O)C(F)(F)ON1C(=O)N2CC(c3ncco3)=CC1C2. The number of hydrogen-bond donors (Lipinski definition) is 0. The van der Waals surface area contributed by atoms with Crippen LogP contribution in [-0.4, -0.2) is 58.3 Å². The van der Waals surface area contributed by atoms with E-state index >= 15 is 0 Å². The smallest absolute Gasteiger partial charge is 0.456 e. The van der Waals surface area contributed by atoms with Crippen molar-refractivity contribution in [2.75, 3.05) is 13.1 Å². The lowest BCUT2D eigenvalue weighted by atomic mass is 10.1. The molecule has 0 N–H and O–H groups in total. The lowest BCUT2D eigenvalue weighted by Gasteiger charge is -2.25. The van der Waals surface area contributed by atoms with Gasteiger partial charge in [-0.3, -0.25) is 0 Å². The number of nitrogens with zero attached hydrogens (tertiary/aromatic N) is 3. The second-order valence-electron chi connectivity index (χ2n) is 6.80. The normalized spacial score (nSPS) is 19.4. The molecular formula is C18H23F2N3O5. The molecule has 0 saturated carbocycles. The molecule has 0 spiro atoms. The van der Waals surface area contributed by atoms with Crippen LogP contribution in [0.5, 0.6) is 0 Å². The van der Waals surface area contributed by atoms with Gasteiger partial charge in [-0.2, -0.15) is 18.7 Å². The van der Waals surface area contributed by atoms with Crippen molar-refractivity contribution in [1.29, 1.82) is 0 Å². The minimum atomic E-state index is -4.27. The predicted molar refractivity (Wildman–Crippen MR) is 92.8 cm³/mol. The van der Waals surface area contributed by atoms with Crippen LogP contribution >= 0.6 is 0 Å². The Morgan fingerprint density at radius 1 is 1.39 bits per heavy atom. The Morgan fingerprint density at radius 2 is 2.11 bits per heavy atom. The van der Waals surface area contributed by atoms with Gasteiger partial charge >= 0.3 is 18.1 Å². The second-order valence-corrected chi connectivity index (χ2v) is 6.80. The van der Waals surface area contributed by atoms with E-state index in [1.54, 1.807) is 6.08 Å². The predicted octanol–water partition coefficient (Wildman–Crippen LogP) is 3.21. The second kappa shape index (κ2) is 8.26. The van der Waals surface area contributed by atoms with Crippen LogP contribution in [-0.2, 0) is 14.4 Å². The van der Waals surface area contributed by atoms with Gasteiger partial charge in [0.2, 0.25) is 5.89 Å². The van der Waals surface area contributed by atoms with Crippen molar-refractivity contribution in [3.63, 3.8) is 0 Å². The lowest BCUT2D eigenvalue weighted by molar-refractivity contribution is -0.328. The maximum atomic E-state index is 14.4. The van der Waals surface area contributed by atoms with Crippen LogP contribution in [0, 0.1) is 0 Å². The number of hydrogen-bond acceptors (Lipinski definition) is 6. The number of rotatable bonds is 9. The summed E-state index contributed by atoms with van der Waals surface area (Å²) in [5, 5.41) is 0.520. The molecule has 0 aromatic carbocycles. The number of esters is 1. The fourth-order valence-electron chi connectivity index (χ4n) is 3.32. The first-order valence-corrected chi connectivity index (χ1v) is 9.32. The molecule has 10 heteroatoms. The third kappa shape index (κ3) is 4.16. The number of aromatic nitrogens is 1. The van der Waals surface area contributed by atoms with Gasteiger partial charge in [-0.15, -0.1) is 0 Å². The number of carbonyl (C=O) groups is 2. The molecule has 2 amide bonds. The molecule has 2 aliphatic rings. The van der Waals surface area contributed by atoms with E-state index in [9.17, 15) is 18.4 Å². The number of carbonyl (C=O) groups excluding carboxylic acids is 2. The van der Waals surface area contributed by atoms with Crippen molar-refractivity contribution in [3.05, 3.63) is 24.4 Å². The van der Waals surface area contributed by atoms with Gasteiger partial charge < -0.3 is 14.1 Å². The van der Waals surface area contributed by atoms with Gasteiger partial charge in [0.25, 0.3) is 0 Å². The third-order valence-corrected chi connectivity index (χ3v) is 4.58. The molecule has 2 aliphatic heterocycles. The van der Waals surface area contributed by atoms with E-state index in [0.29, 0.717) is 42.2 Å². The molecule has 28 heavy (non-hydrogen) atoms. The molecule has 3 heterocycles. The first kappa shape index (κ1) is 20.2. The topological polar surface area (TPSA) is 85.1 Å². The number of ether oxygens (including phenoxy) is 1. The maximum Gasteiger partial charge on any atom is 0.477 e. The summed E-state index contributed by atoms with van der Waals surface area (Å²) in [6.07, 6.45) is 1.88. The Hall–Kier alpha value is -2.49. The number of amides is 2. The number of oxazole rings is 1. The van der Waals surface area contributed by atoms with Crippen molar-refractivity contribution in [2.45, 2.75) is 57.8 Å². The number of fused-ring (bicyclic) bond motifs is 2. The minimum absolute atomic E-state index is 0.154. The largest absolute Gasteiger partial charge is 0.477 e. The molecule has 1 aromatic rings. The van der Waals surface area contributed by atoms with E-state index in [-0.39, 0.29) is 13.1 Å². The van der Waals surface area contributed by atoms with Crippen LogP contribution in [0.4, 0.5) is 13.6 Å². The molecule has 1 unspecified atom stereocenters. The Bertz CT molecular complexity index is 732. The van der Waals surface area contributed by atoms with Crippen molar-refractivity contribution in [1.82, 2.24) is 14.9 Å². The van der Waals surface area contributed by atoms with Gasteiger partial charge in [-0.1, -0.05) is 26.7 Å². The Morgan fingerprint density at radius 3 is 2.71 bits per heavy atom. The van der Waals surface area contributed by atoms with E-state index in [1.165, 1.54) is 17.4 Å². The standard InChI is InChI=1S/C18H23F2N3O5/c1-3-5-14(6-4-2)27-16(24)18(19,20)28-23-13-9-12(15-21-7-8-26-15)10-22(11-13)17(23)25/h7-9,13-14H,3-6,10-11H2,1-2H3. The molecule has 1 fully saturated rings. The van der Waals surface area contributed by atoms with Gasteiger partial charge in [0.1, 0.15) is 12.4 Å². The summed E-state index contributed by atoms with van der Waals surface area (Å²) in [5.74, 6) is -1.49. The molecule has 1 saturated heterocycles. The zero-order chi connectivity index (χ0) is 20.3. The summed E-state index contributed by atoms with van der Waals surface area (Å²) >= 11 is 0. The number of hydroxylamine groups is 2. The van der Waals surface area contributed by atoms with Crippen molar-refractivity contribution in [2.24, 2.45) is 0 Å². The van der Waals surface area contributed by atoms with Gasteiger partial charge in [0.15, 0.2) is 0 Å². The number of alkyl halides is 2. The Kier molecular flexibility index (Phi) is 5.97. The van der Waals surface area contributed by atoms with Crippen LogP contribution in [0.1, 0.15) is 45.4 Å². The average molecular weight is 399 g/mol. The van der Waals surface area contributed by atoms with Crippen molar-refractivity contribution in [3.8, 4) is 0 Å². The molecule has 1 aromatic heterocycles. The van der Waals surface area contributed by atoms with Crippen molar-refractivity contribution < 1.29 is 32.4 Å². The van der Waals surface area contributed by atoms with Gasteiger partial charge in [-0.25, -0.2) is 14.6 Å². The summed E-state index contributed by atoms with van der Waals surface area (Å²) in [6, 6.07) is -1.54. The van der Waals surface area contributed by atoms with Crippen molar-refractivity contribution >= 4 is 17.6 Å². The molecule has 0 aliphatic carbocycles.